The first-order valence-corrected chi connectivity index (χ1v) is 10.4. The van der Waals surface area contributed by atoms with Crippen LogP contribution in [0.4, 0.5) is 4.39 Å². The van der Waals surface area contributed by atoms with Gasteiger partial charge in [0.1, 0.15) is 11.4 Å². The van der Waals surface area contributed by atoms with Gasteiger partial charge in [0.2, 0.25) is 0 Å². The van der Waals surface area contributed by atoms with Crippen molar-refractivity contribution in [1.29, 1.82) is 0 Å². The van der Waals surface area contributed by atoms with Gasteiger partial charge in [-0.2, -0.15) is 0 Å². The molecule has 0 spiro atoms. The predicted molar refractivity (Wildman–Crippen MR) is 123 cm³/mol. The van der Waals surface area contributed by atoms with Crippen molar-refractivity contribution in [3.63, 3.8) is 0 Å². The van der Waals surface area contributed by atoms with Crippen molar-refractivity contribution < 1.29 is 9.18 Å². The number of aromatic nitrogens is 4. The molecule has 0 N–H and O–H groups in total. The Labute approximate surface area is 189 Å². The molecule has 0 amide bonds. The summed E-state index contributed by atoms with van der Waals surface area (Å²) < 4.78 is 17.4. The molecule has 168 valence electrons. The fourth-order valence-electron chi connectivity index (χ4n) is 3.87. The normalized spacial score (nSPS) is 12.0. The number of hydrogen-bond acceptors (Lipinski definition) is 4. The zero-order valence-electron chi connectivity index (χ0n) is 18.7. The van der Waals surface area contributed by atoms with Gasteiger partial charge in [-0.05, 0) is 62.2 Å². The summed E-state index contributed by atoms with van der Waals surface area (Å²) in [4.78, 5) is 43.5. The van der Waals surface area contributed by atoms with E-state index < -0.39 is 28.9 Å². The van der Waals surface area contributed by atoms with Crippen molar-refractivity contribution >= 4 is 5.78 Å². The van der Waals surface area contributed by atoms with Gasteiger partial charge in [0, 0.05) is 30.7 Å². The Morgan fingerprint density at radius 3 is 2.33 bits per heavy atom. The molecule has 0 aliphatic heterocycles. The summed E-state index contributed by atoms with van der Waals surface area (Å²) in [6.07, 6.45) is 4.84. The fourth-order valence-corrected chi connectivity index (χ4v) is 3.87. The fraction of sp³-hybridized carbons (Fsp3) is 0.200. The highest BCUT2D eigenvalue weighted by molar-refractivity contribution is 6.08. The Morgan fingerprint density at radius 1 is 1.03 bits per heavy atom. The summed E-state index contributed by atoms with van der Waals surface area (Å²) in [5.74, 6) is -0.896. The standard InChI is InChI=1S/C25H23FN4O3/c1-15-11-19(7-10-22(15)29-12-16(2)27-14-29)23(31)21-13-28(4)25(33)30(24(21)32)17(3)18-5-8-20(26)9-6-18/h5-14,17H,1-4H3. The van der Waals surface area contributed by atoms with Gasteiger partial charge in [-0.25, -0.2) is 14.2 Å². The lowest BCUT2D eigenvalue weighted by molar-refractivity contribution is 0.103. The zero-order valence-corrected chi connectivity index (χ0v) is 18.7. The van der Waals surface area contributed by atoms with E-state index in [1.165, 1.54) is 42.1 Å². The lowest BCUT2D eigenvalue weighted by Crippen LogP contribution is -2.43. The number of aryl methyl sites for hydroxylation is 3. The van der Waals surface area contributed by atoms with Crippen molar-refractivity contribution in [2.45, 2.75) is 26.8 Å². The molecular formula is C25H23FN4O3. The van der Waals surface area contributed by atoms with E-state index in [0.29, 0.717) is 11.1 Å². The van der Waals surface area contributed by atoms with Crippen molar-refractivity contribution in [2.75, 3.05) is 0 Å². The first-order chi connectivity index (χ1) is 15.7. The molecule has 0 aliphatic rings. The topological polar surface area (TPSA) is 78.9 Å². The number of benzene rings is 2. The molecule has 0 fully saturated rings. The number of imidazole rings is 1. The third-order valence-electron chi connectivity index (χ3n) is 5.71. The first-order valence-electron chi connectivity index (χ1n) is 10.4. The number of carbonyl (C=O) groups is 1. The summed E-state index contributed by atoms with van der Waals surface area (Å²) >= 11 is 0. The molecule has 2 aromatic heterocycles. The summed E-state index contributed by atoms with van der Waals surface area (Å²) in [7, 11) is 1.49. The maximum atomic E-state index is 13.3. The highest BCUT2D eigenvalue weighted by Crippen LogP contribution is 2.19. The molecular weight excluding hydrogens is 423 g/mol. The maximum absolute atomic E-state index is 13.3. The smallest absolute Gasteiger partial charge is 0.306 e. The monoisotopic (exact) mass is 446 g/mol. The SMILES string of the molecule is Cc1cn(-c2ccc(C(=O)c3cn(C)c(=O)n(C(C)c4ccc(F)cc4)c3=O)cc2C)cn1. The molecule has 0 aliphatic carbocycles. The van der Waals surface area contributed by atoms with Gasteiger partial charge in [-0.15, -0.1) is 0 Å². The van der Waals surface area contributed by atoms with Gasteiger partial charge < -0.3 is 9.13 Å². The summed E-state index contributed by atoms with van der Waals surface area (Å²) in [5.41, 5.74) is 2.13. The van der Waals surface area contributed by atoms with Crippen LogP contribution in [0.25, 0.3) is 5.69 Å². The third-order valence-corrected chi connectivity index (χ3v) is 5.71. The zero-order chi connectivity index (χ0) is 23.9. The van der Waals surface area contributed by atoms with Crippen LogP contribution >= 0.6 is 0 Å². The van der Waals surface area contributed by atoms with E-state index >= 15 is 0 Å². The van der Waals surface area contributed by atoms with E-state index in [1.807, 2.05) is 24.6 Å². The molecule has 0 radical (unpaired) electrons. The number of nitrogens with zero attached hydrogens (tertiary/aromatic N) is 4. The van der Waals surface area contributed by atoms with Crippen LogP contribution in [0.3, 0.4) is 0 Å². The lowest BCUT2D eigenvalue weighted by atomic mass is 10.0. The Kier molecular flexibility index (Phi) is 5.68. The van der Waals surface area contributed by atoms with Crippen molar-refractivity contribution in [2.24, 2.45) is 7.05 Å². The molecule has 7 nitrogen and oxygen atoms in total. The van der Waals surface area contributed by atoms with E-state index in [-0.39, 0.29) is 5.56 Å². The summed E-state index contributed by atoms with van der Waals surface area (Å²) in [6, 6.07) is 10.0. The molecule has 0 saturated carbocycles. The molecule has 1 unspecified atom stereocenters. The van der Waals surface area contributed by atoms with Crippen LogP contribution in [0, 0.1) is 19.7 Å². The first kappa shape index (κ1) is 22.1. The van der Waals surface area contributed by atoms with E-state index in [9.17, 15) is 18.8 Å². The van der Waals surface area contributed by atoms with Crippen LogP contribution in [0.5, 0.6) is 0 Å². The average Bonchev–Trinajstić information content (AvgIpc) is 3.22. The molecule has 0 bridgehead atoms. The number of carbonyl (C=O) groups excluding carboxylic acids is 1. The molecule has 2 heterocycles. The van der Waals surface area contributed by atoms with Crippen molar-refractivity contribution in [3.8, 4) is 5.69 Å². The molecule has 4 aromatic rings. The maximum Gasteiger partial charge on any atom is 0.331 e. The van der Waals surface area contributed by atoms with Gasteiger partial charge in [0.25, 0.3) is 5.56 Å². The largest absolute Gasteiger partial charge is 0.331 e. The summed E-state index contributed by atoms with van der Waals surface area (Å²) in [5, 5.41) is 0. The minimum absolute atomic E-state index is 0.114. The third kappa shape index (κ3) is 4.07. The van der Waals surface area contributed by atoms with E-state index in [4.69, 9.17) is 0 Å². The number of rotatable bonds is 5. The van der Waals surface area contributed by atoms with Crippen LogP contribution < -0.4 is 11.2 Å². The molecule has 8 heteroatoms. The van der Waals surface area contributed by atoms with Crippen LogP contribution in [-0.4, -0.2) is 24.5 Å². The Bertz CT molecular complexity index is 1480. The average molecular weight is 446 g/mol. The Hall–Kier alpha value is -4.07. The second kappa shape index (κ2) is 8.46. The molecule has 0 saturated heterocycles. The summed E-state index contributed by atoms with van der Waals surface area (Å²) in [6.45, 7) is 5.43. The van der Waals surface area contributed by atoms with Crippen molar-refractivity contribution in [3.05, 3.63) is 116 Å². The Morgan fingerprint density at radius 2 is 1.73 bits per heavy atom. The van der Waals surface area contributed by atoms with Crippen molar-refractivity contribution in [1.82, 2.24) is 18.7 Å². The molecule has 33 heavy (non-hydrogen) atoms. The molecule has 1 atom stereocenters. The molecule has 4 rings (SSSR count). The highest BCUT2D eigenvalue weighted by atomic mass is 19.1. The van der Waals surface area contributed by atoms with Crippen LogP contribution in [0.15, 0.2) is 70.8 Å². The minimum atomic E-state index is -0.688. The Balaban J connectivity index is 1.77. The van der Waals surface area contributed by atoms with Gasteiger partial charge in [0.05, 0.1) is 18.1 Å². The second-order valence-electron chi connectivity index (χ2n) is 8.09. The van der Waals surface area contributed by atoms with Gasteiger partial charge in [-0.3, -0.25) is 14.2 Å². The van der Waals surface area contributed by atoms with E-state index in [0.717, 1.165) is 21.5 Å². The highest BCUT2D eigenvalue weighted by Gasteiger charge is 2.22. The van der Waals surface area contributed by atoms with Gasteiger partial charge >= 0.3 is 5.69 Å². The second-order valence-corrected chi connectivity index (χ2v) is 8.09. The van der Waals surface area contributed by atoms with E-state index in [1.54, 1.807) is 31.5 Å². The lowest BCUT2D eigenvalue weighted by Gasteiger charge is -2.17. The van der Waals surface area contributed by atoms with Crippen LogP contribution in [-0.2, 0) is 7.05 Å². The van der Waals surface area contributed by atoms with Gasteiger partial charge in [0.15, 0.2) is 5.78 Å². The quantitative estimate of drug-likeness (QED) is 0.441. The van der Waals surface area contributed by atoms with Crippen LogP contribution in [0.1, 0.15) is 45.7 Å². The van der Waals surface area contributed by atoms with Crippen LogP contribution in [0.2, 0.25) is 0 Å². The predicted octanol–water partition coefficient (Wildman–Crippen LogP) is 3.33. The van der Waals surface area contributed by atoms with E-state index in [2.05, 4.69) is 4.98 Å². The minimum Gasteiger partial charge on any atom is -0.306 e. The number of ketones is 1. The number of hydrogen-bond donors (Lipinski definition) is 0. The van der Waals surface area contributed by atoms with Gasteiger partial charge in [-0.1, -0.05) is 12.1 Å². The molecule has 2 aromatic carbocycles. The number of halogens is 1.